The molecule has 72 valence electrons. The van der Waals surface area contributed by atoms with E-state index in [0.29, 0.717) is 18.8 Å². The third-order valence-electron chi connectivity index (χ3n) is 2.10. The summed E-state index contributed by atoms with van der Waals surface area (Å²) in [5.74, 6) is 0.405. The first kappa shape index (κ1) is 8.74. The number of nitro groups is 1. The lowest BCUT2D eigenvalue weighted by Gasteiger charge is -2.06. The van der Waals surface area contributed by atoms with E-state index >= 15 is 0 Å². The number of allylic oxidation sites excluding steroid dienone is 1. The van der Waals surface area contributed by atoms with E-state index in [-0.39, 0.29) is 5.69 Å². The van der Waals surface area contributed by atoms with E-state index in [9.17, 15) is 10.1 Å². The van der Waals surface area contributed by atoms with Crippen LogP contribution in [0.15, 0.2) is 30.4 Å². The summed E-state index contributed by atoms with van der Waals surface area (Å²) in [6, 6.07) is 4.99. The van der Waals surface area contributed by atoms with Gasteiger partial charge in [-0.05, 0) is 6.42 Å². The van der Waals surface area contributed by atoms with E-state index in [0.717, 1.165) is 5.56 Å². The number of hydrogen-bond donors (Lipinski definition) is 0. The lowest BCUT2D eigenvalue weighted by Crippen LogP contribution is -1.99. The fourth-order valence-corrected chi connectivity index (χ4v) is 1.45. The lowest BCUT2D eigenvalue weighted by atomic mass is 10.1. The highest BCUT2D eigenvalue weighted by atomic mass is 16.6. The van der Waals surface area contributed by atoms with Crippen molar-refractivity contribution in [2.24, 2.45) is 0 Å². The predicted molar refractivity (Wildman–Crippen MR) is 51.4 cm³/mol. The Bertz CT molecular complexity index is 398. The van der Waals surface area contributed by atoms with Crippen LogP contribution in [-0.4, -0.2) is 11.5 Å². The molecule has 1 aliphatic heterocycles. The van der Waals surface area contributed by atoms with E-state index in [1.54, 1.807) is 6.07 Å². The molecule has 0 unspecified atom stereocenters. The normalized spacial score (nSPS) is 14.0. The van der Waals surface area contributed by atoms with Crippen molar-refractivity contribution in [3.8, 4) is 5.75 Å². The van der Waals surface area contributed by atoms with E-state index in [4.69, 9.17) is 4.74 Å². The maximum Gasteiger partial charge on any atom is 0.311 e. The Morgan fingerprint density at radius 3 is 3.00 bits per heavy atom. The fraction of sp³-hybridized carbons (Fsp3) is 0.200. The minimum atomic E-state index is -0.413. The number of benzene rings is 1. The molecule has 1 aromatic rings. The molecule has 0 fully saturated rings. The van der Waals surface area contributed by atoms with Gasteiger partial charge in [-0.15, -0.1) is 0 Å². The Balaban J connectivity index is 2.51. The Kier molecular flexibility index (Phi) is 2.18. The fourth-order valence-electron chi connectivity index (χ4n) is 1.45. The highest BCUT2D eigenvalue weighted by Gasteiger charge is 2.18. The van der Waals surface area contributed by atoms with Crippen molar-refractivity contribution >= 4 is 5.69 Å². The maximum atomic E-state index is 10.7. The molecular formula is C10H9NO3. The van der Waals surface area contributed by atoms with E-state index in [1.165, 1.54) is 6.07 Å². The van der Waals surface area contributed by atoms with E-state index in [2.05, 4.69) is 0 Å². The van der Waals surface area contributed by atoms with Crippen LogP contribution in [-0.2, 0) is 6.42 Å². The molecule has 0 bridgehead atoms. The Morgan fingerprint density at radius 1 is 1.36 bits per heavy atom. The van der Waals surface area contributed by atoms with Crippen molar-refractivity contribution < 1.29 is 9.66 Å². The second kappa shape index (κ2) is 3.49. The molecule has 0 radical (unpaired) electrons. The van der Waals surface area contributed by atoms with Gasteiger partial charge in [-0.2, -0.15) is 0 Å². The zero-order valence-corrected chi connectivity index (χ0v) is 7.47. The molecule has 1 aromatic carbocycles. The SMILES string of the molecule is O=[N+]([O-])c1cccc2c1OCC=CC2. The lowest BCUT2D eigenvalue weighted by molar-refractivity contribution is -0.385. The molecule has 0 saturated heterocycles. The van der Waals surface area contributed by atoms with Gasteiger partial charge in [-0.3, -0.25) is 10.1 Å². The number of hydrogen-bond acceptors (Lipinski definition) is 3. The molecular weight excluding hydrogens is 182 g/mol. The first-order chi connectivity index (χ1) is 6.79. The number of ether oxygens (including phenoxy) is 1. The van der Waals surface area contributed by atoms with Gasteiger partial charge in [0.2, 0.25) is 5.75 Å². The summed E-state index contributed by atoms with van der Waals surface area (Å²) in [4.78, 5) is 10.3. The van der Waals surface area contributed by atoms with Crippen LogP contribution >= 0.6 is 0 Å². The van der Waals surface area contributed by atoms with Crippen LogP contribution in [0.5, 0.6) is 5.75 Å². The summed E-state index contributed by atoms with van der Waals surface area (Å²) in [6.07, 6.45) is 4.51. The molecule has 0 N–H and O–H groups in total. The van der Waals surface area contributed by atoms with E-state index in [1.807, 2.05) is 18.2 Å². The minimum Gasteiger partial charge on any atom is -0.482 e. The van der Waals surface area contributed by atoms with Gasteiger partial charge in [-0.25, -0.2) is 0 Å². The topological polar surface area (TPSA) is 52.4 Å². The molecule has 0 atom stereocenters. The smallest absolute Gasteiger partial charge is 0.311 e. The molecule has 0 amide bonds. The van der Waals surface area contributed by atoms with Crippen molar-refractivity contribution in [1.29, 1.82) is 0 Å². The van der Waals surface area contributed by atoms with Gasteiger partial charge in [0.1, 0.15) is 6.61 Å². The molecule has 1 aliphatic rings. The van der Waals surface area contributed by atoms with Gasteiger partial charge < -0.3 is 4.74 Å². The van der Waals surface area contributed by atoms with Crippen molar-refractivity contribution in [2.75, 3.05) is 6.61 Å². The number of nitro benzene ring substituents is 1. The van der Waals surface area contributed by atoms with Crippen molar-refractivity contribution in [3.63, 3.8) is 0 Å². The molecule has 4 nitrogen and oxygen atoms in total. The zero-order chi connectivity index (χ0) is 9.97. The van der Waals surface area contributed by atoms with E-state index < -0.39 is 4.92 Å². The van der Waals surface area contributed by atoms with Crippen LogP contribution in [0.4, 0.5) is 5.69 Å². The molecule has 14 heavy (non-hydrogen) atoms. The van der Waals surface area contributed by atoms with Gasteiger partial charge >= 0.3 is 5.69 Å². The Labute approximate surface area is 81.0 Å². The predicted octanol–water partition coefficient (Wildman–Crippen LogP) is 2.09. The van der Waals surface area contributed by atoms with Crippen LogP contribution in [0.3, 0.4) is 0 Å². The largest absolute Gasteiger partial charge is 0.482 e. The summed E-state index contributed by atoms with van der Waals surface area (Å²) in [5, 5.41) is 10.7. The van der Waals surface area contributed by atoms with Crippen molar-refractivity contribution in [2.45, 2.75) is 6.42 Å². The first-order valence-electron chi connectivity index (χ1n) is 4.33. The quantitative estimate of drug-likeness (QED) is 0.388. The molecule has 0 saturated carbocycles. The molecule has 1 heterocycles. The van der Waals surface area contributed by atoms with Crippen LogP contribution in [0, 0.1) is 10.1 Å². The highest BCUT2D eigenvalue weighted by molar-refractivity contribution is 5.52. The highest BCUT2D eigenvalue weighted by Crippen LogP contribution is 2.32. The van der Waals surface area contributed by atoms with Crippen LogP contribution < -0.4 is 4.74 Å². The van der Waals surface area contributed by atoms with Crippen LogP contribution in [0.1, 0.15) is 5.56 Å². The summed E-state index contributed by atoms with van der Waals surface area (Å²) in [5.41, 5.74) is 0.916. The maximum absolute atomic E-state index is 10.7. The number of para-hydroxylation sites is 1. The summed E-state index contributed by atoms with van der Waals surface area (Å²) < 4.78 is 5.31. The van der Waals surface area contributed by atoms with Crippen molar-refractivity contribution in [1.82, 2.24) is 0 Å². The van der Waals surface area contributed by atoms with Gasteiger partial charge in [0.25, 0.3) is 0 Å². The number of nitrogens with zero attached hydrogens (tertiary/aromatic N) is 1. The summed E-state index contributed by atoms with van der Waals surface area (Å²) in [6.45, 7) is 0.401. The molecule has 0 aliphatic carbocycles. The van der Waals surface area contributed by atoms with Crippen LogP contribution in [0.25, 0.3) is 0 Å². The zero-order valence-electron chi connectivity index (χ0n) is 7.47. The number of rotatable bonds is 1. The van der Waals surface area contributed by atoms with Crippen molar-refractivity contribution in [3.05, 3.63) is 46.0 Å². The Morgan fingerprint density at radius 2 is 2.21 bits per heavy atom. The standard InChI is InChI=1S/C10H9NO3/c12-11(13)9-6-3-5-8-4-1-2-7-14-10(8)9/h1-3,5-6H,4,7H2. The molecule has 0 spiro atoms. The second-order valence-electron chi connectivity index (χ2n) is 3.01. The molecule has 4 heteroatoms. The average molecular weight is 191 g/mol. The third kappa shape index (κ3) is 1.46. The number of fused-ring (bicyclic) bond motifs is 1. The first-order valence-corrected chi connectivity index (χ1v) is 4.33. The Hall–Kier alpha value is -1.84. The third-order valence-corrected chi connectivity index (χ3v) is 2.10. The summed E-state index contributed by atoms with van der Waals surface area (Å²) >= 11 is 0. The van der Waals surface area contributed by atoms with Gasteiger partial charge in [0, 0.05) is 11.6 Å². The van der Waals surface area contributed by atoms with Gasteiger partial charge in [0.15, 0.2) is 0 Å². The monoisotopic (exact) mass is 191 g/mol. The molecule has 2 rings (SSSR count). The minimum absolute atomic E-state index is 0.0474. The molecule has 0 aromatic heterocycles. The second-order valence-corrected chi connectivity index (χ2v) is 3.01. The average Bonchev–Trinajstić information content (AvgIpc) is 2.41. The summed E-state index contributed by atoms with van der Waals surface area (Å²) in [7, 11) is 0. The van der Waals surface area contributed by atoms with Gasteiger partial charge in [0.05, 0.1) is 4.92 Å². The van der Waals surface area contributed by atoms with Gasteiger partial charge in [-0.1, -0.05) is 24.3 Å². The van der Waals surface area contributed by atoms with Crippen LogP contribution in [0.2, 0.25) is 0 Å².